The minimum Gasteiger partial charge on any atom is -0.393 e. The molecule has 0 spiro atoms. The van der Waals surface area contributed by atoms with E-state index in [1.54, 1.807) is 13.0 Å². The molecule has 0 unspecified atom stereocenters. The third kappa shape index (κ3) is 3.07. The number of hydrogen-bond donors (Lipinski definition) is 2. The van der Waals surface area contributed by atoms with Gasteiger partial charge in [0.1, 0.15) is 5.82 Å². The summed E-state index contributed by atoms with van der Waals surface area (Å²) >= 11 is 0. The number of aliphatic hydroxyl groups is 1. The van der Waals surface area contributed by atoms with Crippen LogP contribution in [0.5, 0.6) is 0 Å². The van der Waals surface area contributed by atoms with E-state index in [4.69, 9.17) is 5.73 Å². The number of rotatable bonds is 4. The Morgan fingerprint density at radius 2 is 2.11 bits per heavy atom. The van der Waals surface area contributed by atoms with Crippen molar-refractivity contribution in [3.05, 3.63) is 29.1 Å². The van der Waals surface area contributed by atoms with Crippen molar-refractivity contribution < 1.29 is 9.50 Å². The first-order valence-corrected chi connectivity index (χ1v) is 6.83. The Morgan fingerprint density at radius 1 is 1.47 bits per heavy atom. The van der Waals surface area contributed by atoms with E-state index in [2.05, 4.69) is 4.90 Å². The zero-order valence-corrected chi connectivity index (χ0v) is 11.9. The van der Waals surface area contributed by atoms with Crippen LogP contribution in [-0.2, 0) is 0 Å². The molecule has 1 fully saturated rings. The Balaban J connectivity index is 2.19. The first-order chi connectivity index (χ1) is 8.88. The fraction of sp³-hybridized carbons (Fsp3) is 0.600. The van der Waals surface area contributed by atoms with Crippen LogP contribution in [0.15, 0.2) is 12.1 Å². The molecular formula is C15H23FN2O. The Bertz CT molecular complexity index is 456. The van der Waals surface area contributed by atoms with Gasteiger partial charge >= 0.3 is 0 Å². The first-order valence-electron chi connectivity index (χ1n) is 6.83. The van der Waals surface area contributed by atoms with Gasteiger partial charge in [-0.1, -0.05) is 0 Å². The maximum atomic E-state index is 13.7. The molecule has 106 valence electrons. The Hall–Kier alpha value is -1.13. The lowest BCUT2D eigenvalue weighted by molar-refractivity contribution is 0.0464. The summed E-state index contributed by atoms with van der Waals surface area (Å²) in [5.74, 6) is 0.315. The van der Waals surface area contributed by atoms with E-state index in [-0.39, 0.29) is 18.0 Å². The third-order valence-electron chi connectivity index (χ3n) is 3.95. The number of nitrogens with zero attached hydrogens (tertiary/aromatic N) is 1. The van der Waals surface area contributed by atoms with Crippen LogP contribution in [0.4, 0.5) is 10.1 Å². The molecule has 3 nitrogen and oxygen atoms in total. The smallest absolute Gasteiger partial charge is 0.126 e. The van der Waals surface area contributed by atoms with Crippen molar-refractivity contribution >= 4 is 5.69 Å². The van der Waals surface area contributed by atoms with Crippen molar-refractivity contribution in [2.24, 2.45) is 11.7 Å². The zero-order chi connectivity index (χ0) is 14.2. The van der Waals surface area contributed by atoms with Crippen molar-refractivity contribution in [1.82, 2.24) is 0 Å². The van der Waals surface area contributed by atoms with E-state index >= 15 is 0 Å². The summed E-state index contributed by atoms with van der Waals surface area (Å²) in [5.41, 5.74) is 8.41. The molecule has 1 saturated carbocycles. The van der Waals surface area contributed by atoms with Crippen molar-refractivity contribution in [2.75, 3.05) is 18.5 Å². The molecule has 1 aliphatic rings. The standard InChI is InChI=1S/C15H23FN2O/c1-9-4-15(13(10(2)17)7-14(9)16)18(3)8-11-5-12(19)6-11/h4,7,10-12,19H,5-6,8,17H2,1-3H3/t10-,11?,12?/m0/s1. The predicted molar refractivity (Wildman–Crippen MR) is 75.7 cm³/mol. The number of halogens is 1. The fourth-order valence-corrected chi connectivity index (χ4v) is 2.71. The molecule has 0 aromatic heterocycles. The van der Waals surface area contributed by atoms with Crippen LogP contribution in [-0.4, -0.2) is 24.8 Å². The quantitative estimate of drug-likeness (QED) is 0.879. The lowest BCUT2D eigenvalue weighted by Crippen LogP contribution is -2.37. The minimum atomic E-state index is -0.205. The molecule has 3 N–H and O–H groups in total. The summed E-state index contributed by atoms with van der Waals surface area (Å²) < 4.78 is 13.7. The van der Waals surface area contributed by atoms with Gasteiger partial charge in [0.05, 0.1) is 6.10 Å². The molecule has 4 heteroatoms. The molecule has 0 saturated heterocycles. The molecule has 19 heavy (non-hydrogen) atoms. The van der Waals surface area contributed by atoms with E-state index in [9.17, 15) is 9.50 Å². The van der Waals surface area contributed by atoms with Gasteiger partial charge in [-0.3, -0.25) is 0 Å². The highest BCUT2D eigenvalue weighted by molar-refractivity contribution is 5.56. The van der Waals surface area contributed by atoms with Crippen molar-refractivity contribution in [1.29, 1.82) is 0 Å². The second kappa shape index (κ2) is 5.47. The number of aliphatic hydroxyl groups excluding tert-OH is 1. The summed E-state index contributed by atoms with van der Waals surface area (Å²) in [6, 6.07) is 3.21. The van der Waals surface area contributed by atoms with E-state index in [0.29, 0.717) is 11.5 Å². The first kappa shape index (κ1) is 14.3. The largest absolute Gasteiger partial charge is 0.393 e. The highest BCUT2D eigenvalue weighted by Gasteiger charge is 2.28. The van der Waals surface area contributed by atoms with E-state index < -0.39 is 0 Å². The average molecular weight is 266 g/mol. The topological polar surface area (TPSA) is 49.5 Å². The molecular weight excluding hydrogens is 243 g/mol. The predicted octanol–water partition coefficient (Wildman–Crippen LogP) is 2.36. The summed E-state index contributed by atoms with van der Waals surface area (Å²) in [4.78, 5) is 2.13. The lowest BCUT2D eigenvalue weighted by Gasteiger charge is -2.36. The Morgan fingerprint density at radius 3 is 2.63 bits per heavy atom. The van der Waals surface area contributed by atoms with Gasteiger partial charge in [0.25, 0.3) is 0 Å². The SMILES string of the molecule is Cc1cc(N(C)CC2CC(O)C2)c([C@H](C)N)cc1F. The Labute approximate surface area is 114 Å². The second-order valence-electron chi connectivity index (χ2n) is 5.82. The fourth-order valence-electron chi connectivity index (χ4n) is 2.71. The summed E-state index contributed by atoms with van der Waals surface area (Å²) in [5, 5.41) is 9.34. The monoisotopic (exact) mass is 266 g/mol. The highest BCUT2D eigenvalue weighted by atomic mass is 19.1. The van der Waals surface area contributed by atoms with Crippen LogP contribution in [0.1, 0.15) is 36.9 Å². The lowest BCUT2D eigenvalue weighted by atomic mass is 9.82. The Kier molecular flexibility index (Phi) is 4.11. The van der Waals surface area contributed by atoms with Crippen molar-refractivity contribution in [3.63, 3.8) is 0 Å². The van der Waals surface area contributed by atoms with Gasteiger partial charge in [0, 0.05) is 25.3 Å². The molecule has 0 heterocycles. The molecule has 1 atom stereocenters. The van der Waals surface area contributed by atoms with E-state index in [1.807, 2.05) is 20.0 Å². The minimum absolute atomic E-state index is 0.138. The van der Waals surface area contributed by atoms with Crippen LogP contribution in [0, 0.1) is 18.7 Å². The number of hydrogen-bond acceptors (Lipinski definition) is 3. The molecule has 1 aliphatic carbocycles. The van der Waals surface area contributed by atoms with Crippen LogP contribution in [0.3, 0.4) is 0 Å². The second-order valence-corrected chi connectivity index (χ2v) is 5.82. The average Bonchev–Trinajstić information content (AvgIpc) is 2.29. The van der Waals surface area contributed by atoms with Gasteiger partial charge in [0.15, 0.2) is 0 Å². The van der Waals surface area contributed by atoms with Crippen molar-refractivity contribution in [3.8, 4) is 0 Å². The third-order valence-corrected chi connectivity index (χ3v) is 3.95. The van der Waals surface area contributed by atoms with Crippen LogP contribution >= 0.6 is 0 Å². The van der Waals surface area contributed by atoms with E-state index in [0.717, 1.165) is 30.6 Å². The van der Waals surface area contributed by atoms with Gasteiger partial charge < -0.3 is 15.7 Å². The summed E-state index contributed by atoms with van der Waals surface area (Å²) in [6.45, 7) is 4.52. The van der Waals surface area contributed by atoms with Crippen LogP contribution in [0.25, 0.3) is 0 Å². The molecule has 1 aromatic carbocycles. The number of anilines is 1. The molecule has 0 aliphatic heterocycles. The van der Waals surface area contributed by atoms with Crippen LogP contribution in [0.2, 0.25) is 0 Å². The van der Waals surface area contributed by atoms with Gasteiger partial charge in [-0.25, -0.2) is 4.39 Å². The maximum Gasteiger partial charge on any atom is 0.126 e. The van der Waals surface area contributed by atoms with Gasteiger partial charge in [-0.05, 0) is 55.9 Å². The van der Waals surface area contributed by atoms with Gasteiger partial charge in [-0.2, -0.15) is 0 Å². The molecule has 2 rings (SSSR count). The van der Waals surface area contributed by atoms with Gasteiger partial charge in [0.2, 0.25) is 0 Å². The summed E-state index contributed by atoms with van der Waals surface area (Å²) in [7, 11) is 2.00. The number of nitrogens with two attached hydrogens (primary N) is 1. The zero-order valence-electron chi connectivity index (χ0n) is 11.9. The highest BCUT2D eigenvalue weighted by Crippen LogP contribution is 2.32. The number of benzene rings is 1. The van der Waals surface area contributed by atoms with Gasteiger partial charge in [-0.15, -0.1) is 0 Å². The number of aryl methyl sites for hydroxylation is 1. The van der Waals surface area contributed by atoms with Crippen LogP contribution < -0.4 is 10.6 Å². The normalized spacial score (nSPS) is 23.9. The maximum absolute atomic E-state index is 13.7. The van der Waals surface area contributed by atoms with E-state index in [1.165, 1.54) is 0 Å². The molecule has 0 radical (unpaired) electrons. The molecule has 0 amide bonds. The van der Waals surface area contributed by atoms with Crippen molar-refractivity contribution in [2.45, 2.75) is 38.8 Å². The molecule has 1 aromatic rings. The molecule has 0 bridgehead atoms. The summed E-state index contributed by atoms with van der Waals surface area (Å²) in [6.07, 6.45) is 1.58.